The highest BCUT2D eigenvalue weighted by Crippen LogP contribution is 2.29. The van der Waals surface area contributed by atoms with E-state index >= 15 is 0 Å². The first-order chi connectivity index (χ1) is 8.08. The second kappa shape index (κ2) is 5.21. The predicted molar refractivity (Wildman–Crippen MR) is 76.4 cm³/mol. The standard InChI is InChI=1S/C14H13BrClN/c1-9-2-4-10(5-3-9)14(17)12-7-6-11(16)8-13(12)15/h2-8,14H,17H2,1H3. The Labute approximate surface area is 115 Å². The van der Waals surface area contributed by atoms with E-state index in [1.165, 1.54) is 5.56 Å². The van der Waals surface area contributed by atoms with Crippen LogP contribution in [-0.2, 0) is 0 Å². The topological polar surface area (TPSA) is 26.0 Å². The molecule has 1 atom stereocenters. The summed E-state index contributed by atoms with van der Waals surface area (Å²) in [5.74, 6) is 0. The smallest absolute Gasteiger partial charge is 0.0562 e. The number of nitrogens with two attached hydrogens (primary N) is 1. The first kappa shape index (κ1) is 12.6. The van der Waals surface area contributed by atoms with Gasteiger partial charge in [0.1, 0.15) is 0 Å². The Bertz CT molecular complexity index is 522. The van der Waals surface area contributed by atoms with Gasteiger partial charge in [0.05, 0.1) is 6.04 Å². The summed E-state index contributed by atoms with van der Waals surface area (Å²) < 4.78 is 0.943. The van der Waals surface area contributed by atoms with Crippen molar-refractivity contribution in [3.63, 3.8) is 0 Å². The molecule has 2 aromatic rings. The van der Waals surface area contributed by atoms with Crippen molar-refractivity contribution in [2.75, 3.05) is 0 Å². The molecule has 0 amide bonds. The molecule has 3 heteroatoms. The van der Waals surface area contributed by atoms with Crippen LogP contribution >= 0.6 is 27.5 Å². The van der Waals surface area contributed by atoms with Gasteiger partial charge in [-0.25, -0.2) is 0 Å². The molecule has 17 heavy (non-hydrogen) atoms. The molecule has 2 rings (SSSR count). The van der Waals surface area contributed by atoms with E-state index in [1.807, 2.05) is 18.2 Å². The van der Waals surface area contributed by atoms with Crippen LogP contribution in [0.5, 0.6) is 0 Å². The lowest BCUT2D eigenvalue weighted by molar-refractivity contribution is 0.865. The molecule has 0 aliphatic carbocycles. The molecular formula is C14H13BrClN. The van der Waals surface area contributed by atoms with Gasteiger partial charge in [0.25, 0.3) is 0 Å². The molecule has 0 spiro atoms. The minimum absolute atomic E-state index is 0.137. The molecule has 88 valence electrons. The number of hydrogen-bond donors (Lipinski definition) is 1. The summed E-state index contributed by atoms with van der Waals surface area (Å²) in [6, 6.07) is 13.8. The van der Waals surface area contributed by atoms with Gasteiger partial charge in [-0.3, -0.25) is 0 Å². The van der Waals surface area contributed by atoms with Crippen LogP contribution < -0.4 is 5.73 Å². The molecule has 0 fully saturated rings. The van der Waals surface area contributed by atoms with Crippen LogP contribution in [0.4, 0.5) is 0 Å². The SMILES string of the molecule is Cc1ccc(C(N)c2ccc(Cl)cc2Br)cc1. The third kappa shape index (κ3) is 2.89. The van der Waals surface area contributed by atoms with E-state index in [4.69, 9.17) is 17.3 Å². The molecule has 0 radical (unpaired) electrons. The highest BCUT2D eigenvalue weighted by Gasteiger charge is 2.12. The fourth-order valence-corrected chi connectivity index (χ4v) is 2.64. The molecule has 0 heterocycles. The maximum atomic E-state index is 6.24. The third-order valence-corrected chi connectivity index (χ3v) is 3.66. The molecule has 0 saturated heterocycles. The van der Waals surface area contributed by atoms with Crippen LogP contribution in [0.15, 0.2) is 46.9 Å². The Morgan fingerprint density at radius 2 is 1.76 bits per heavy atom. The Hall–Kier alpha value is -0.830. The zero-order valence-electron chi connectivity index (χ0n) is 9.45. The Balaban J connectivity index is 2.36. The van der Waals surface area contributed by atoms with Gasteiger partial charge in [0.2, 0.25) is 0 Å². The first-order valence-electron chi connectivity index (χ1n) is 5.35. The normalized spacial score (nSPS) is 12.5. The Morgan fingerprint density at radius 3 is 2.35 bits per heavy atom. The summed E-state index contributed by atoms with van der Waals surface area (Å²) in [6.07, 6.45) is 0. The fourth-order valence-electron chi connectivity index (χ4n) is 1.71. The van der Waals surface area contributed by atoms with Crippen LogP contribution in [0.3, 0.4) is 0 Å². The van der Waals surface area contributed by atoms with Gasteiger partial charge >= 0.3 is 0 Å². The molecule has 0 aromatic heterocycles. The zero-order chi connectivity index (χ0) is 12.4. The van der Waals surface area contributed by atoms with Gasteiger partial charge in [0.15, 0.2) is 0 Å². The monoisotopic (exact) mass is 309 g/mol. The van der Waals surface area contributed by atoms with Crippen molar-refractivity contribution in [1.29, 1.82) is 0 Å². The maximum absolute atomic E-state index is 6.24. The second-order valence-electron chi connectivity index (χ2n) is 4.05. The Morgan fingerprint density at radius 1 is 1.12 bits per heavy atom. The summed E-state index contributed by atoms with van der Waals surface area (Å²) in [5, 5.41) is 0.705. The van der Waals surface area contributed by atoms with E-state index in [0.29, 0.717) is 5.02 Å². The molecule has 2 N–H and O–H groups in total. The third-order valence-electron chi connectivity index (χ3n) is 2.73. The summed E-state index contributed by atoms with van der Waals surface area (Å²) in [6.45, 7) is 2.06. The van der Waals surface area contributed by atoms with E-state index < -0.39 is 0 Å². The van der Waals surface area contributed by atoms with Crippen LogP contribution in [0.1, 0.15) is 22.7 Å². The van der Waals surface area contributed by atoms with Crippen LogP contribution in [0, 0.1) is 6.92 Å². The van der Waals surface area contributed by atoms with Crippen molar-refractivity contribution >= 4 is 27.5 Å². The van der Waals surface area contributed by atoms with Crippen molar-refractivity contribution in [2.24, 2.45) is 5.73 Å². The lowest BCUT2D eigenvalue weighted by atomic mass is 9.99. The van der Waals surface area contributed by atoms with Gasteiger partial charge in [-0.2, -0.15) is 0 Å². The van der Waals surface area contributed by atoms with Gasteiger partial charge in [-0.05, 0) is 30.2 Å². The minimum atomic E-state index is -0.137. The molecule has 0 aliphatic rings. The summed E-state index contributed by atoms with van der Waals surface area (Å²) in [4.78, 5) is 0. The van der Waals surface area contributed by atoms with Gasteiger partial charge in [0, 0.05) is 9.50 Å². The van der Waals surface area contributed by atoms with Gasteiger partial charge in [-0.15, -0.1) is 0 Å². The van der Waals surface area contributed by atoms with E-state index in [0.717, 1.165) is 15.6 Å². The van der Waals surface area contributed by atoms with E-state index in [2.05, 4.69) is 47.1 Å². The van der Waals surface area contributed by atoms with E-state index in [9.17, 15) is 0 Å². The Kier molecular flexibility index (Phi) is 3.87. The molecular weight excluding hydrogens is 298 g/mol. The van der Waals surface area contributed by atoms with Crippen LogP contribution in [-0.4, -0.2) is 0 Å². The molecule has 2 aromatic carbocycles. The summed E-state index contributed by atoms with van der Waals surface area (Å²) >= 11 is 9.41. The largest absolute Gasteiger partial charge is 0.320 e. The number of aryl methyl sites for hydroxylation is 1. The van der Waals surface area contributed by atoms with Crippen molar-refractivity contribution in [2.45, 2.75) is 13.0 Å². The summed E-state index contributed by atoms with van der Waals surface area (Å²) in [7, 11) is 0. The second-order valence-corrected chi connectivity index (χ2v) is 5.34. The quantitative estimate of drug-likeness (QED) is 0.871. The maximum Gasteiger partial charge on any atom is 0.0562 e. The molecule has 0 saturated carbocycles. The van der Waals surface area contributed by atoms with Crippen molar-refractivity contribution in [3.05, 3.63) is 68.7 Å². The number of benzene rings is 2. The number of rotatable bonds is 2. The van der Waals surface area contributed by atoms with Gasteiger partial charge < -0.3 is 5.73 Å². The van der Waals surface area contributed by atoms with Crippen LogP contribution in [0.25, 0.3) is 0 Å². The zero-order valence-corrected chi connectivity index (χ0v) is 11.8. The van der Waals surface area contributed by atoms with Crippen molar-refractivity contribution < 1.29 is 0 Å². The van der Waals surface area contributed by atoms with Gasteiger partial charge in [-0.1, -0.05) is 63.4 Å². The molecule has 1 nitrogen and oxygen atoms in total. The van der Waals surface area contributed by atoms with E-state index in [1.54, 1.807) is 0 Å². The van der Waals surface area contributed by atoms with Crippen LogP contribution in [0.2, 0.25) is 5.02 Å². The lowest BCUT2D eigenvalue weighted by Crippen LogP contribution is -2.12. The molecule has 1 unspecified atom stereocenters. The average molecular weight is 311 g/mol. The highest BCUT2D eigenvalue weighted by molar-refractivity contribution is 9.10. The number of hydrogen-bond acceptors (Lipinski definition) is 1. The molecule has 0 aliphatic heterocycles. The number of halogens is 2. The molecule has 0 bridgehead atoms. The van der Waals surface area contributed by atoms with E-state index in [-0.39, 0.29) is 6.04 Å². The first-order valence-corrected chi connectivity index (χ1v) is 6.52. The van der Waals surface area contributed by atoms with Crippen molar-refractivity contribution in [1.82, 2.24) is 0 Å². The highest BCUT2D eigenvalue weighted by atomic mass is 79.9. The minimum Gasteiger partial charge on any atom is -0.320 e. The summed E-state index contributed by atoms with van der Waals surface area (Å²) in [5.41, 5.74) is 9.61. The fraction of sp³-hybridized carbons (Fsp3) is 0.143. The van der Waals surface area contributed by atoms with Crippen molar-refractivity contribution in [3.8, 4) is 0 Å². The average Bonchev–Trinajstić information content (AvgIpc) is 2.29. The lowest BCUT2D eigenvalue weighted by Gasteiger charge is -2.14. The predicted octanol–water partition coefficient (Wildman–Crippen LogP) is 4.46.